The molecule has 2 saturated heterocycles. The second-order valence-electron chi connectivity index (χ2n) is 7.49. The molecule has 28 heavy (non-hydrogen) atoms. The Morgan fingerprint density at radius 1 is 1.36 bits per heavy atom. The molecular formula is C19H29N5O4. The van der Waals surface area contributed by atoms with E-state index in [2.05, 4.69) is 15.2 Å². The molecule has 0 bridgehead atoms. The molecule has 1 aromatic rings. The van der Waals surface area contributed by atoms with Crippen LogP contribution in [-0.2, 0) is 0 Å². The number of hydrogen-bond acceptors (Lipinski definition) is 7. The minimum absolute atomic E-state index is 0.0299. The van der Waals surface area contributed by atoms with E-state index in [9.17, 15) is 14.7 Å². The second-order valence-corrected chi connectivity index (χ2v) is 7.49. The Morgan fingerprint density at radius 3 is 2.71 bits per heavy atom. The van der Waals surface area contributed by atoms with Crippen molar-refractivity contribution in [2.45, 2.75) is 31.8 Å². The van der Waals surface area contributed by atoms with Crippen LogP contribution >= 0.6 is 0 Å². The van der Waals surface area contributed by atoms with Crippen LogP contribution in [0, 0.1) is 5.92 Å². The third-order valence-electron chi connectivity index (χ3n) is 5.71. The van der Waals surface area contributed by atoms with Gasteiger partial charge in [0.15, 0.2) is 0 Å². The van der Waals surface area contributed by atoms with Crippen LogP contribution in [0.4, 0.5) is 4.79 Å². The molecule has 3 rings (SSSR count). The Kier molecular flexibility index (Phi) is 6.82. The molecule has 154 valence electrons. The number of rotatable bonds is 5. The number of pyridine rings is 1. The zero-order valence-corrected chi connectivity index (χ0v) is 16.2. The molecule has 0 spiro atoms. The van der Waals surface area contributed by atoms with E-state index in [0.29, 0.717) is 19.0 Å². The second kappa shape index (κ2) is 9.31. The Morgan fingerprint density at radius 2 is 2.11 bits per heavy atom. The van der Waals surface area contributed by atoms with Gasteiger partial charge in [-0.25, -0.2) is 9.78 Å². The summed E-state index contributed by atoms with van der Waals surface area (Å²) in [6.45, 7) is 5.92. The molecule has 2 fully saturated rings. The highest BCUT2D eigenvalue weighted by molar-refractivity contribution is 5.92. The van der Waals surface area contributed by atoms with Crippen LogP contribution in [0.25, 0.3) is 0 Å². The van der Waals surface area contributed by atoms with Crippen molar-refractivity contribution in [3.05, 3.63) is 23.9 Å². The van der Waals surface area contributed by atoms with Gasteiger partial charge in [-0.2, -0.15) is 0 Å². The number of amides is 2. The lowest BCUT2D eigenvalue weighted by Gasteiger charge is -2.46. The maximum atomic E-state index is 12.9. The van der Waals surface area contributed by atoms with E-state index < -0.39 is 12.0 Å². The summed E-state index contributed by atoms with van der Waals surface area (Å²) in [6, 6.07) is 3.05. The van der Waals surface area contributed by atoms with Gasteiger partial charge >= 0.3 is 6.09 Å². The standard InChI is InChI=1S/C19H29N5O4/c1-13(12-25)23-8-9-24(16(11-23)14-4-6-21-7-5-14)19(27)28-17-3-2-15(10-22-17)18(20)26/h2-3,10,13-14,16,21,25H,4-9,11-12H2,1H3,(H2,20,26)/t13-,16?/m1/s1. The highest BCUT2D eigenvalue weighted by Gasteiger charge is 2.38. The molecule has 0 aromatic carbocycles. The van der Waals surface area contributed by atoms with Crippen LogP contribution < -0.4 is 15.8 Å². The Balaban J connectivity index is 1.71. The summed E-state index contributed by atoms with van der Waals surface area (Å²) < 4.78 is 5.47. The molecule has 9 nitrogen and oxygen atoms in total. The van der Waals surface area contributed by atoms with Crippen LogP contribution in [0.15, 0.2) is 18.3 Å². The molecule has 4 N–H and O–H groups in total. The molecule has 0 saturated carbocycles. The zero-order chi connectivity index (χ0) is 20.1. The van der Waals surface area contributed by atoms with Crippen molar-refractivity contribution in [3.63, 3.8) is 0 Å². The SMILES string of the molecule is C[C@H](CO)N1CCN(C(=O)Oc2ccc(C(N)=O)cn2)C(C2CCNCC2)C1. The number of carbonyl (C=O) groups is 2. The maximum Gasteiger partial charge on any atom is 0.416 e. The van der Waals surface area contributed by atoms with Crippen LogP contribution in [0.3, 0.4) is 0 Å². The monoisotopic (exact) mass is 391 g/mol. The van der Waals surface area contributed by atoms with E-state index in [1.807, 2.05) is 6.92 Å². The molecular weight excluding hydrogens is 362 g/mol. The predicted octanol–water partition coefficient (Wildman–Crippen LogP) is 0.0459. The van der Waals surface area contributed by atoms with Crippen LogP contribution in [0.2, 0.25) is 0 Å². The van der Waals surface area contributed by atoms with Gasteiger partial charge in [-0.3, -0.25) is 9.69 Å². The summed E-state index contributed by atoms with van der Waals surface area (Å²) in [6.07, 6.45) is 2.87. The molecule has 2 aliphatic heterocycles. The number of hydrogen-bond donors (Lipinski definition) is 3. The summed E-state index contributed by atoms with van der Waals surface area (Å²) in [5.74, 6) is -0.0524. The Bertz CT molecular complexity index is 677. The first-order valence-electron chi connectivity index (χ1n) is 9.79. The number of aliphatic hydroxyl groups is 1. The van der Waals surface area contributed by atoms with E-state index in [0.717, 1.165) is 32.5 Å². The van der Waals surface area contributed by atoms with E-state index in [-0.39, 0.29) is 30.1 Å². The summed E-state index contributed by atoms with van der Waals surface area (Å²) in [4.78, 5) is 32.1. The number of ether oxygens (including phenoxy) is 1. The number of aliphatic hydroxyl groups excluding tert-OH is 1. The average Bonchev–Trinajstić information content (AvgIpc) is 2.73. The van der Waals surface area contributed by atoms with Gasteiger partial charge in [-0.15, -0.1) is 0 Å². The minimum Gasteiger partial charge on any atom is -0.395 e. The highest BCUT2D eigenvalue weighted by Crippen LogP contribution is 2.26. The lowest BCUT2D eigenvalue weighted by molar-refractivity contribution is 0.0130. The number of nitrogens with one attached hydrogen (secondary N) is 1. The third kappa shape index (κ3) is 4.78. The van der Waals surface area contributed by atoms with Crippen molar-refractivity contribution >= 4 is 12.0 Å². The molecule has 0 aliphatic carbocycles. The third-order valence-corrected chi connectivity index (χ3v) is 5.71. The molecule has 2 aliphatic rings. The van der Waals surface area contributed by atoms with E-state index in [4.69, 9.17) is 10.5 Å². The smallest absolute Gasteiger partial charge is 0.395 e. The fourth-order valence-corrected chi connectivity index (χ4v) is 3.94. The van der Waals surface area contributed by atoms with Gasteiger partial charge in [0.25, 0.3) is 0 Å². The van der Waals surface area contributed by atoms with E-state index in [1.54, 1.807) is 4.90 Å². The first-order chi connectivity index (χ1) is 13.5. The van der Waals surface area contributed by atoms with E-state index in [1.165, 1.54) is 18.3 Å². The number of piperazine rings is 1. The van der Waals surface area contributed by atoms with Gasteiger partial charge in [0.1, 0.15) is 0 Å². The van der Waals surface area contributed by atoms with Crippen LogP contribution in [-0.4, -0.2) is 83.3 Å². The normalized spacial score (nSPS) is 22.6. The number of primary amides is 1. The largest absolute Gasteiger partial charge is 0.416 e. The quantitative estimate of drug-likeness (QED) is 0.648. The van der Waals surface area contributed by atoms with Gasteiger partial charge in [-0.05, 0) is 44.8 Å². The molecule has 1 unspecified atom stereocenters. The summed E-state index contributed by atoms with van der Waals surface area (Å²) >= 11 is 0. The average molecular weight is 391 g/mol. The van der Waals surface area contributed by atoms with Crippen molar-refractivity contribution in [2.75, 3.05) is 39.3 Å². The first-order valence-corrected chi connectivity index (χ1v) is 9.79. The van der Waals surface area contributed by atoms with Crippen LogP contribution in [0.1, 0.15) is 30.1 Å². The fraction of sp³-hybridized carbons (Fsp3) is 0.632. The van der Waals surface area contributed by atoms with Gasteiger partial charge in [0.05, 0.1) is 18.2 Å². The van der Waals surface area contributed by atoms with Crippen molar-refractivity contribution in [1.82, 2.24) is 20.1 Å². The van der Waals surface area contributed by atoms with Crippen LogP contribution in [0.5, 0.6) is 5.88 Å². The topological polar surface area (TPSA) is 121 Å². The predicted molar refractivity (Wildman–Crippen MR) is 103 cm³/mol. The Labute approximate surface area is 164 Å². The number of aromatic nitrogens is 1. The van der Waals surface area contributed by atoms with Gasteiger partial charge in [0.2, 0.25) is 11.8 Å². The molecule has 1 aromatic heterocycles. The lowest BCUT2D eigenvalue weighted by Crippen LogP contribution is -2.61. The molecule has 2 atom stereocenters. The van der Waals surface area contributed by atoms with Gasteiger partial charge < -0.3 is 25.8 Å². The Hall–Kier alpha value is -2.23. The zero-order valence-electron chi connectivity index (χ0n) is 16.2. The minimum atomic E-state index is -0.578. The van der Waals surface area contributed by atoms with Crippen molar-refractivity contribution < 1.29 is 19.4 Å². The first kappa shape index (κ1) is 20.5. The molecule has 0 radical (unpaired) electrons. The van der Waals surface area contributed by atoms with Gasteiger partial charge in [-0.1, -0.05) is 0 Å². The summed E-state index contributed by atoms with van der Waals surface area (Å²) in [5, 5.41) is 12.9. The molecule has 9 heteroatoms. The maximum absolute atomic E-state index is 12.9. The number of piperidine rings is 1. The highest BCUT2D eigenvalue weighted by atomic mass is 16.6. The number of nitrogens with two attached hydrogens (primary N) is 1. The van der Waals surface area contributed by atoms with Gasteiger partial charge in [0, 0.05) is 37.9 Å². The molecule has 2 amide bonds. The van der Waals surface area contributed by atoms with Crippen molar-refractivity contribution in [1.29, 1.82) is 0 Å². The van der Waals surface area contributed by atoms with Crippen molar-refractivity contribution in [2.24, 2.45) is 11.7 Å². The summed E-state index contributed by atoms with van der Waals surface area (Å²) in [5.41, 5.74) is 5.47. The molecule has 3 heterocycles. The number of carbonyl (C=O) groups excluding carboxylic acids is 2. The summed E-state index contributed by atoms with van der Waals surface area (Å²) in [7, 11) is 0. The van der Waals surface area contributed by atoms with E-state index >= 15 is 0 Å². The fourth-order valence-electron chi connectivity index (χ4n) is 3.94. The lowest BCUT2D eigenvalue weighted by atomic mass is 9.87. The van der Waals surface area contributed by atoms with Crippen molar-refractivity contribution in [3.8, 4) is 5.88 Å². The number of nitrogens with zero attached hydrogens (tertiary/aromatic N) is 3.